The van der Waals surface area contributed by atoms with Gasteiger partial charge in [-0.15, -0.1) is 0 Å². The van der Waals surface area contributed by atoms with Gasteiger partial charge in [0, 0.05) is 25.6 Å². The number of amides is 1. The number of ether oxygens (including phenoxy) is 1. The predicted octanol–water partition coefficient (Wildman–Crippen LogP) is -0.828. The van der Waals surface area contributed by atoms with Crippen molar-refractivity contribution in [2.24, 2.45) is 5.41 Å². The quantitative estimate of drug-likeness (QED) is 0.691. The number of methoxy groups -OCH3 is 1. The molecule has 0 spiro atoms. The number of hydrogen-bond donors (Lipinski definition) is 2. The Morgan fingerprint density at radius 1 is 1.45 bits per heavy atom. The molecule has 1 fully saturated rings. The Morgan fingerprint density at radius 2 is 2.05 bits per heavy atom. The van der Waals surface area contributed by atoms with Gasteiger partial charge in [-0.25, -0.2) is 13.1 Å². The summed E-state index contributed by atoms with van der Waals surface area (Å²) >= 11 is 0. The lowest BCUT2D eigenvalue weighted by molar-refractivity contribution is -0.162. The monoisotopic (exact) mass is 308 g/mol. The first kappa shape index (κ1) is 17.4. The van der Waals surface area contributed by atoms with Crippen LogP contribution in [0.4, 0.5) is 0 Å². The van der Waals surface area contributed by atoms with E-state index in [0.29, 0.717) is 19.5 Å². The van der Waals surface area contributed by atoms with E-state index in [1.807, 2.05) is 13.8 Å². The second kappa shape index (κ2) is 5.97. The average Bonchev–Trinajstić information content (AvgIpc) is 2.29. The number of hydrogen-bond acceptors (Lipinski definition) is 5. The van der Waals surface area contributed by atoms with Gasteiger partial charge < -0.3 is 14.7 Å². The number of piperidine rings is 1. The lowest BCUT2D eigenvalue weighted by Crippen LogP contribution is -2.61. The number of carbonyl (C=O) groups excluding carboxylic acids is 1. The molecule has 7 nitrogen and oxygen atoms in total. The van der Waals surface area contributed by atoms with Gasteiger partial charge in [0.2, 0.25) is 15.9 Å². The molecule has 0 aliphatic carbocycles. The van der Waals surface area contributed by atoms with Crippen molar-refractivity contribution in [2.45, 2.75) is 25.9 Å². The molecule has 0 aromatic heterocycles. The van der Waals surface area contributed by atoms with Crippen LogP contribution in [-0.2, 0) is 19.6 Å². The van der Waals surface area contributed by atoms with E-state index < -0.39 is 21.0 Å². The number of nitrogens with zero attached hydrogens (tertiary/aromatic N) is 1. The lowest BCUT2D eigenvalue weighted by Gasteiger charge is -2.49. The molecule has 0 aromatic rings. The van der Waals surface area contributed by atoms with E-state index in [0.717, 1.165) is 6.26 Å². The molecule has 20 heavy (non-hydrogen) atoms. The van der Waals surface area contributed by atoms with Gasteiger partial charge in [-0.1, -0.05) is 13.8 Å². The van der Waals surface area contributed by atoms with E-state index in [2.05, 4.69) is 4.72 Å². The SMILES string of the molecule is COCC1(O)CCN(C(=O)CNS(C)(=O)=O)CC1(C)C. The third-order valence-electron chi connectivity index (χ3n) is 3.86. The Hall–Kier alpha value is -0.700. The van der Waals surface area contributed by atoms with E-state index >= 15 is 0 Å². The van der Waals surface area contributed by atoms with Crippen molar-refractivity contribution < 1.29 is 23.1 Å². The number of aliphatic hydroxyl groups is 1. The normalized spacial score (nSPS) is 26.6. The lowest BCUT2D eigenvalue weighted by atomic mass is 9.70. The molecule has 0 radical (unpaired) electrons. The van der Waals surface area contributed by atoms with Crippen molar-refractivity contribution >= 4 is 15.9 Å². The van der Waals surface area contributed by atoms with Crippen LogP contribution >= 0.6 is 0 Å². The standard InChI is InChI=1S/C12H24N2O5S/c1-11(2)8-14(6-5-12(11,16)9-19-3)10(15)7-13-20(4,17)18/h13,16H,5-9H2,1-4H3. The summed E-state index contributed by atoms with van der Waals surface area (Å²) < 4.78 is 29.2. The minimum absolute atomic E-state index is 0.212. The Bertz CT molecular complexity index is 462. The maximum atomic E-state index is 12.0. The zero-order valence-corrected chi connectivity index (χ0v) is 13.3. The number of rotatable bonds is 5. The summed E-state index contributed by atoms with van der Waals surface area (Å²) in [4.78, 5) is 13.6. The minimum atomic E-state index is -3.38. The van der Waals surface area contributed by atoms with Crippen LogP contribution in [0.2, 0.25) is 0 Å². The molecule has 0 aromatic carbocycles. The van der Waals surface area contributed by atoms with Crippen molar-refractivity contribution in [2.75, 3.05) is 39.6 Å². The van der Waals surface area contributed by atoms with Crippen LogP contribution in [0, 0.1) is 5.41 Å². The molecule has 0 saturated carbocycles. The first-order valence-corrected chi connectivity index (χ1v) is 8.34. The summed E-state index contributed by atoms with van der Waals surface area (Å²) in [6, 6.07) is 0. The first-order chi connectivity index (χ1) is 9.01. The van der Waals surface area contributed by atoms with Crippen LogP contribution in [0.3, 0.4) is 0 Å². The topological polar surface area (TPSA) is 95.9 Å². The third kappa shape index (κ3) is 4.15. The molecule has 8 heteroatoms. The van der Waals surface area contributed by atoms with Gasteiger partial charge in [-0.05, 0) is 6.42 Å². The van der Waals surface area contributed by atoms with Crippen LogP contribution in [0.1, 0.15) is 20.3 Å². The van der Waals surface area contributed by atoms with Gasteiger partial charge in [-0.3, -0.25) is 4.79 Å². The maximum Gasteiger partial charge on any atom is 0.237 e. The highest BCUT2D eigenvalue weighted by Crippen LogP contribution is 2.38. The van der Waals surface area contributed by atoms with Gasteiger partial charge >= 0.3 is 0 Å². The molecular formula is C12H24N2O5S. The molecule has 118 valence electrons. The molecule has 1 aliphatic rings. The van der Waals surface area contributed by atoms with Crippen molar-refractivity contribution in [1.29, 1.82) is 0 Å². The van der Waals surface area contributed by atoms with E-state index in [-0.39, 0.29) is 19.1 Å². The van der Waals surface area contributed by atoms with Crippen molar-refractivity contribution in [3.8, 4) is 0 Å². The maximum absolute atomic E-state index is 12.0. The average molecular weight is 308 g/mol. The largest absolute Gasteiger partial charge is 0.387 e. The zero-order chi connectivity index (χ0) is 15.6. The van der Waals surface area contributed by atoms with E-state index in [9.17, 15) is 18.3 Å². The highest BCUT2D eigenvalue weighted by atomic mass is 32.2. The fraction of sp³-hybridized carbons (Fsp3) is 0.917. The van der Waals surface area contributed by atoms with Crippen LogP contribution in [0.15, 0.2) is 0 Å². The van der Waals surface area contributed by atoms with E-state index in [4.69, 9.17) is 4.74 Å². The molecule has 1 saturated heterocycles. The van der Waals surface area contributed by atoms with Crippen LogP contribution in [0.5, 0.6) is 0 Å². The Labute approximate surface area is 120 Å². The number of likely N-dealkylation sites (tertiary alicyclic amines) is 1. The highest BCUT2D eigenvalue weighted by molar-refractivity contribution is 7.88. The molecule has 1 unspecified atom stereocenters. The van der Waals surface area contributed by atoms with Gasteiger partial charge in [0.1, 0.15) is 0 Å². The van der Waals surface area contributed by atoms with Crippen molar-refractivity contribution in [3.63, 3.8) is 0 Å². The highest BCUT2D eigenvalue weighted by Gasteiger charge is 2.48. The predicted molar refractivity (Wildman–Crippen MR) is 74.7 cm³/mol. The fourth-order valence-corrected chi connectivity index (χ4v) is 2.77. The summed E-state index contributed by atoms with van der Waals surface area (Å²) in [6.45, 7) is 4.44. The molecule has 1 heterocycles. The Kier molecular flexibility index (Phi) is 5.18. The van der Waals surface area contributed by atoms with Crippen LogP contribution in [0.25, 0.3) is 0 Å². The number of carbonyl (C=O) groups is 1. The second-order valence-corrected chi connectivity index (χ2v) is 7.84. The van der Waals surface area contributed by atoms with Crippen molar-refractivity contribution in [3.05, 3.63) is 0 Å². The molecule has 0 bridgehead atoms. The number of sulfonamides is 1. The summed E-state index contributed by atoms with van der Waals surface area (Å²) in [5, 5.41) is 10.6. The first-order valence-electron chi connectivity index (χ1n) is 6.44. The molecule has 1 amide bonds. The molecule has 1 aliphatic heterocycles. The molecule has 1 rings (SSSR count). The summed E-state index contributed by atoms with van der Waals surface area (Å²) in [5.74, 6) is -0.289. The minimum Gasteiger partial charge on any atom is -0.387 e. The summed E-state index contributed by atoms with van der Waals surface area (Å²) in [7, 11) is -1.86. The van der Waals surface area contributed by atoms with Crippen molar-refractivity contribution in [1.82, 2.24) is 9.62 Å². The fourth-order valence-electron chi connectivity index (χ4n) is 2.39. The van der Waals surface area contributed by atoms with E-state index in [1.165, 1.54) is 7.11 Å². The molecule has 2 N–H and O–H groups in total. The van der Waals surface area contributed by atoms with Gasteiger partial charge in [0.15, 0.2) is 0 Å². The molecular weight excluding hydrogens is 284 g/mol. The molecule has 1 atom stereocenters. The summed E-state index contributed by atoms with van der Waals surface area (Å²) in [5.41, 5.74) is -1.51. The second-order valence-electron chi connectivity index (χ2n) is 6.01. The summed E-state index contributed by atoms with van der Waals surface area (Å²) in [6.07, 6.45) is 1.41. The van der Waals surface area contributed by atoms with Gasteiger partial charge in [0.25, 0.3) is 0 Å². The third-order valence-corrected chi connectivity index (χ3v) is 4.53. The Balaban J connectivity index is 2.68. The smallest absolute Gasteiger partial charge is 0.237 e. The number of nitrogens with one attached hydrogen (secondary N) is 1. The van der Waals surface area contributed by atoms with Crippen LogP contribution < -0.4 is 4.72 Å². The van der Waals surface area contributed by atoms with Gasteiger partial charge in [-0.2, -0.15) is 0 Å². The van der Waals surface area contributed by atoms with Gasteiger partial charge in [0.05, 0.1) is 25.0 Å². The zero-order valence-electron chi connectivity index (χ0n) is 12.5. The van der Waals surface area contributed by atoms with Crippen LogP contribution in [-0.4, -0.2) is 69.5 Å². The van der Waals surface area contributed by atoms with E-state index in [1.54, 1.807) is 4.90 Å². The Morgan fingerprint density at radius 3 is 2.50 bits per heavy atom.